The van der Waals surface area contributed by atoms with Gasteiger partial charge in [0.25, 0.3) is 0 Å². The Morgan fingerprint density at radius 2 is 1.14 bits per heavy atom. The van der Waals surface area contributed by atoms with Gasteiger partial charge in [0.05, 0.1) is 0 Å². The van der Waals surface area contributed by atoms with Crippen LogP contribution in [0, 0.1) is 0 Å². The Hall–Kier alpha value is 0.760. The van der Waals surface area contributed by atoms with Crippen LogP contribution >= 0.6 is 0 Å². The van der Waals surface area contributed by atoms with E-state index in [9.17, 15) is 0 Å². The molecule has 2 nitrogen and oxygen atoms in total. The summed E-state index contributed by atoms with van der Waals surface area (Å²) < 4.78 is 0. The smallest absolute Gasteiger partial charge is 0.141 e. The summed E-state index contributed by atoms with van der Waals surface area (Å²) in [4.78, 5) is 9.14. The fourth-order valence-electron chi connectivity index (χ4n) is 0. The summed E-state index contributed by atoms with van der Waals surface area (Å²) in [6, 6.07) is 0. The van der Waals surface area contributed by atoms with Crippen molar-refractivity contribution in [2.45, 2.75) is 0 Å². The van der Waals surface area contributed by atoms with Gasteiger partial charge in [-0.25, -0.2) is 0 Å². The second-order valence-electron chi connectivity index (χ2n) is 1.34. The summed E-state index contributed by atoms with van der Waals surface area (Å²) in [5.74, 6) is 0. The van der Waals surface area contributed by atoms with Gasteiger partial charge in [-0.2, -0.15) is 0 Å². The SMILES string of the molecule is CN(C)C.O[SiH3].[Zn]. The van der Waals surface area contributed by atoms with Crippen LogP contribution in [0.1, 0.15) is 0 Å². The summed E-state index contributed by atoms with van der Waals surface area (Å²) >= 11 is 0. The minimum atomic E-state index is 0. The molecule has 0 aliphatic carbocycles. The molecule has 0 aromatic heterocycles. The van der Waals surface area contributed by atoms with Gasteiger partial charge < -0.3 is 9.70 Å². The van der Waals surface area contributed by atoms with E-state index >= 15 is 0 Å². The summed E-state index contributed by atoms with van der Waals surface area (Å²) in [5.41, 5.74) is 0. The molecule has 0 aliphatic heterocycles. The number of hydrogen-bond donors (Lipinski definition) is 1. The van der Waals surface area contributed by atoms with Crippen LogP contribution in [0.15, 0.2) is 0 Å². The molecule has 0 fully saturated rings. The molecule has 0 atom stereocenters. The third-order valence-electron chi connectivity index (χ3n) is 0. The Bertz CT molecular complexity index is 19.7. The summed E-state index contributed by atoms with van der Waals surface area (Å²) in [6.45, 7) is 0. The van der Waals surface area contributed by atoms with Crippen LogP contribution in [-0.4, -0.2) is 41.3 Å². The third-order valence-corrected chi connectivity index (χ3v) is 0. The van der Waals surface area contributed by atoms with Gasteiger partial charge in [0, 0.05) is 19.5 Å². The summed E-state index contributed by atoms with van der Waals surface area (Å²) in [7, 11) is 6.31. The number of nitrogens with zero attached hydrogens (tertiary/aromatic N) is 1. The monoisotopic (exact) mass is 171 g/mol. The minimum absolute atomic E-state index is 0. The molecule has 0 aromatic carbocycles. The van der Waals surface area contributed by atoms with Crippen molar-refractivity contribution in [2.24, 2.45) is 0 Å². The molecule has 0 unspecified atom stereocenters. The van der Waals surface area contributed by atoms with Crippen LogP contribution in [0.5, 0.6) is 0 Å². The molecule has 0 rings (SSSR count). The first kappa shape index (κ1) is 15.7. The second kappa shape index (κ2) is 15.9. The zero-order chi connectivity index (χ0) is 5.58. The van der Waals surface area contributed by atoms with Gasteiger partial charge in [-0.05, 0) is 21.1 Å². The van der Waals surface area contributed by atoms with E-state index in [-0.39, 0.29) is 19.5 Å². The molecule has 42 valence electrons. The normalized spacial score (nSPS) is 6.43. The van der Waals surface area contributed by atoms with Crippen molar-refractivity contribution in [1.29, 1.82) is 0 Å². The van der Waals surface area contributed by atoms with Gasteiger partial charge >= 0.3 is 0 Å². The van der Waals surface area contributed by atoms with Gasteiger partial charge in [0.15, 0.2) is 0 Å². The van der Waals surface area contributed by atoms with Crippen LogP contribution in [-0.2, 0) is 19.5 Å². The molecule has 0 spiro atoms. The van der Waals surface area contributed by atoms with E-state index in [1.807, 2.05) is 26.0 Å². The predicted octanol–water partition coefficient (Wildman–Crippen LogP) is -1.57. The van der Waals surface area contributed by atoms with E-state index in [2.05, 4.69) is 0 Å². The van der Waals surface area contributed by atoms with E-state index < -0.39 is 0 Å². The van der Waals surface area contributed by atoms with E-state index in [1.54, 1.807) is 0 Å². The molecule has 7 heavy (non-hydrogen) atoms. The molecule has 0 saturated carbocycles. The van der Waals surface area contributed by atoms with Crippen LogP contribution in [0.2, 0.25) is 0 Å². The van der Waals surface area contributed by atoms with Crippen molar-refractivity contribution in [2.75, 3.05) is 21.1 Å². The van der Waals surface area contributed by atoms with E-state index in [4.69, 9.17) is 4.80 Å². The van der Waals surface area contributed by atoms with Crippen LogP contribution in [0.4, 0.5) is 0 Å². The van der Waals surface area contributed by atoms with Crippen molar-refractivity contribution in [3.8, 4) is 0 Å². The Kier molecular flexibility index (Phi) is 35.5. The molecule has 0 saturated heterocycles. The second-order valence-corrected chi connectivity index (χ2v) is 1.34. The predicted molar refractivity (Wildman–Crippen MR) is 31.8 cm³/mol. The van der Waals surface area contributed by atoms with Gasteiger partial charge in [-0.1, -0.05) is 0 Å². The van der Waals surface area contributed by atoms with E-state index in [0.29, 0.717) is 10.5 Å². The molecule has 0 radical (unpaired) electrons. The molecule has 0 heterocycles. The molecule has 0 aromatic rings. The van der Waals surface area contributed by atoms with E-state index in [1.165, 1.54) is 0 Å². The third kappa shape index (κ3) is 265. The maximum atomic E-state index is 7.14. The first-order chi connectivity index (χ1) is 2.73. The first-order valence-electron chi connectivity index (χ1n) is 1.79. The van der Waals surface area contributed by atoms with Crippen molar-refractivity contribution in [3.05, 3.63) is 0 Å². The van der Waals surface area contributed by atoms with Crippen LogP contribution in [0.3, 0.4) is 0 Å². The summed E-state index contributed by atoms with van der Waals surface area (Å²) in [6.07, 6.45) is 0. The zero-order valence-electron chi connectivity index (χ0n) is 5.60. The van der Waals surface area contributed by atoms with Crippen LogP contribution in [0.25, 0.3) is 0 Å². The molecule has 1 N–H and O–H groups in total. The topological polar surface area (TPSA) is 23.5 Å². The minimum Gasteiger partial charge on any atom is -0.442 e. The molecular weight excluding hydrogens is 160 g/mol. The molecule has 0 amide bonds. The summed E-state index contributed by atoms with van der Waals surface area (Å²) in [5, 5.41) is 0. The van der Waals surface area contributed by atoms with Gasteiger partial charge in [-0.15, -0.1) is 0 Å². The van der Waals surface area contributed by atoms with Gasteiger partial charge in [-0.3, -0.25) is 0 Å². The Morgan fingerprint density at radius 3 is 1.14 bits per heavy atom. The van der Waals surface area contributed by atoms with Gasteiger partial charge in [0.1, 0.15) is 10.5 Å². The van der Waals surface area contributed by atoms with Crippen molar-refractivity contribution >= 4 is 10.5 Å². The molecular formula is C3H13NOSiZn. The Balaban J connectivity index is -0.0000000480. The number of hydrogen-bond acceptors (Lipinski definition) is 2. The number of rotatable bonds is 0. The van der Waals surface area contributed by atoms with E-state index in [0.717, 1.165) is 0 Å². The molecule has 0 aliphatic rings. The van der Waals surface area contributed by atoms with Crippen molar-refractivity contribution in [3.63, 3.8) is 0 Å². The quantitative estimate of drug-likeness (QED) is 0.447. The van der Waals surface area contributed by atoms with Crippen molar-refractivity contribution in [1.82, 2.24) is 4.90 Å². The fourth-order valence-corrected chi connectivity index (χ4v) is 0. The standard InChI is InChI=1S/C3H9N.H4OSi.Zn/c1-4(2)3;1-2;/h1-3H3;1H,2H3;. The molecule has 0 bridgehead atoms. The molecule has 4 heteroatoms. The average molecular weight is 173 g/mol. The average Bonchev–Trinajstić information content (AvgIpc) is 1.41. The maximum Gasteiger partial charge on any atom is 0.141 e. The van der Waals surface area contributed by atoms with Gasteiger partial charge in [0.2, 0.25) is 0 Å². The first-order valence-corrected chi connectivity index (χ1v) is 2.68. The zero-order valence-corrected chi connectivity index (χ0v) is 10.6. The largest absolute Gasteiger partial charge is 0.442 e. The maximum absolute atomic E-state index is 7.14. The fraction of sp³-hybridized carbons (Fsp3) is 1.00. The Morgan fingerprint density at radius 1 is 1.14 bits per heavy atom. The van der Waals surface area contributed by atoms with Crippen LogP contribution < -0.4 is 0 Å². The van der Waals surface area contributed by atoms with Crippen molar-refractivity contribution < 1.29 is 24.3 Å². The Labute approximate surface area is 61.2 Å².